The van der Waals surface area contributed by atoms with Gasteiger partial charge in [0.05, 0.1) is 33.7 Å². The van der Waals surface area contributed by atoms with Crippen molar-refractivity contribution in [2.45, 2.75) is 18.8 Å². The van der Waals surface area contributed by atoms with Gasteiger partial charge in [-0.05, 0) is 66.5 Å². The maximum Gasteiger partial charge on any atom is 0.338 e. The van der Waals surface area contributed by atoms with Gasteiger partial charge in [-0.25, -0.2) is 4.79 Å². The van der Waals surface area contributed by atoms with Crippen molar-refractivity contribution in [3.05, 3.63) is 101 Å². The monoisotopic (exact) mass is 571 g/mol. The van der Waals surface area contributed by atoms with Gasteiger partial charge in [0.1, 0.15) is 0 Å². The van der Waals surface area contributed by atoms with Crippen molar-refractivity contribution < 1.29 is 28.7 Å². The van der Waals surface area contributed by atoms with Crippen LogP contribution in [-0.4, -0.2) is 36.2 Å². The molecule has 41 heavy (non-hydrogen) atoms. The minimum absolute atomic E-state index is 0.0817. The van der Waals surface area contributed by atoms with Crippen LogP contribution in [0.3, 0.4) is 0 Å². The van der Waals surface area contributed by atoms with Gasteiger partial charge in [-0.15, -0.1) is 0 Å². The molecule has 0 aromatic heterocycles. The van der Waals surface area contributed by atoms with Crippen LogP contribution in [0.4, 0.5) is 5.69 Å². The Morgan fingerprint density at radius 1 is 0.854 bits per heavy atom. The minimum atomic E-state index is -0.817. The number of hydrogen-bond acceptors (Lipinski definition) is 6. The van der Waals surface area contributed by atoms with E-state index in [1.807, 2.05) is 18.2 Å². The van der Waals surface area contributed by atoms with Crippen LogP contribution in [0.2, 0.25) is 5.02 Å². The van der Waals surface area contributed by atoms with Crippen LogP contribution in [0.1, 0.15) is 45.0 Å². The third-order valence-electron chi connectivity index (χ3n) is 8.35. The predicted molar refractivity (Wildman–Crippen MR) is 149 cm³/mol. The number of rotatable bonds is 6. The zero-order valence-corrected chi connectivity index (χ0v) is 22.5. The second kappa shape index (κ2) is 10.8. The van der Waals surface area contributed by atoms with Gasteiger partial charge in [-0.2, -0.15) is 0 Å². The van der Waals surface area contributed by atoms with E-state index in [4.69, 9.17) is 16.3 Å². The summed E-state index contributed by atoms with van der Waals surface area (Å²) in [6.07, 6.45) is 1.75. The average molecular weight is 572 g/mol. The average Bonchev–Trinajstić information content (AvgIpc) is 3.66. The lowest BCUT2D eigenvalue weighted by Gasteiger charge is -2.28. The molecule has 0 spiro atoms. The van der Waals surface area contributed by atoms with Crippen LogP contribution in [-0.2, 0) is 19.1 Å². The Morgan fingerprint density at radius 3 is 2.37 bits per heavy atom. The van der Waals surface area contributed by atoms with E-state index in [0.717, 1.165) is 12.8 Å². The van der Waals surface area contributed by atoms with E-state index in [1.165, 1.54) is 34.7 Å². The first-order valence-corrected chi connectivity index (χ1v) is 13.7. The van der Waals surface area contributed by atoms with E-state index in [0.29, 0.717) is 5.69 Å². The molecular formula is C31H26ClN3O6. The maximum absolute atomic E-state index is 13.6. The number of esters is 1. The molecule has 1 heterocycles. The Hall–Kier alpha value is -4.50. The minimum Gasteiger partial charge on any atom is -0.452 e. The summed E-state index contributed by atoms with van der Waals surface area (Å²) in [6, 6.07) is 22.5. The Labute approximate surface area is 240 Å². The molecule has 2 N–H and O–H groups in total. The first-order valence-electron chi connectivity index (χ1n) is 13.4. The molecule has 2 saturated carbocycles. The van der Waals surface area contributed by atoms with Gasteiger partial charge in [0.2, 0.25) is 11.8 Å². The number of benzene rings is 3. The van der Waals surface area contributed by atoms with Crippen LogP contribution in [0.15, 0.2) is 78.9 Å². The zero-order chi connectivity index (χ0) is 28.7. The number of imide groups is 1. The zero-order valence-electron chi connectivity index (χ0n) is 21.8. The molecule has 3 aromatic carbocycles. The summed E-state index contributed by atoms with van der Waals surface area (Å²) in [5, 5.41) is 0.216. The third kappa shape index (κ3) is 4.86. The molecule has 3 aliphatic rings. The van der Waals surface area contributed by atoms with Gasteiger partial charge in [-0.3, -0.25) is 34.9 Å². The lowest BCUT2D eigenvalue weighted by Crippen LogP contribution is -2.43. The van der Waals surface area contributed by atoms with Gasteiger partial charge < -0.3 is 4.74 Å². The van der Waals surface area contributed by atoms with Crippen molar-refractivity contribution in [1.29, 1.82) is 0 Å². The quantitative estimate of drug-likeness (QED) is 0.263. The normalized spacial score (nSPS) is 24.2. The van der Waals surface area contributed by atoms with E-state index in [1.54, 1.807) is 24.3 Å². The summed E-state index contributed by atoms with van der Waals surface area (Å²) in [4.78, 5) is 65.3. The fourth-order valence-electron chi connectivity index (χ4n) is 6.66. The fourth-order valence-corrected chi connectivity index (χ4v) is 6.88. The number of fused-ring (bicyclic) bond motifs is 5. The number of carbonyl (C=O) groups is 5. The van der Waals surface area contributed by atoms with Gasteiger partial charge in [0.25, 0.3) is 11.8 Å². The molecule has 1 aliphatic heterocycles. The highest BCUT2D eigenvalue weighted by Crippen LogP contribution is 2.61. The molecule has 3 fully saturated rings. The highest BCUT2D eigenvalue weighted by molar-refractivity contribution is 6.33. The predicted octanol–water partition coefficient (Wildman–Crippen LogP) is 3.89. The van der Waals surface area contributed by atoms with E-state index in [-0.39, 0.29) is 57.6 Å². The van der Waals surface area contributed by atoms with Gasteiger partial charge in [-0.1, -0.05) is 60.1 Å². The second-order valence-electron chi connectivity index (χ2n) is 10.6. The summed E-state index contributed by atoms with van der Waals surface area (Å²) in [5.74, 6) is -2.86. The van der Waals surface area contributed by atoms with Crippen LogP contribution in [0.5, 0.6) is 0 Å². The Balaban J connectivity index is 1.08. The van der Waals surface area contributed by atoms with Crippen molar-refractivity contribution in [2.24, 2.45) is 23.7 Å². The highest BCUT2D eigenvalue weighted by atomic mass is 35.5. The molecule has 4 amide bonds. The molecule has 3 aromatic rings. The summed E-state index contributed by atoms with van der Waals surface area (Å²) >= 11 is 5.97. The lowest BCUT2D eigenvalue weighted by molar-refractivity contribution is -0.125. The van der Waals surface area contributed by atoms with Gasteiger partial charge in [0, 0.05) is 0 Å². The van der Waals surface area contributed by atoms with Crippen LogP contribution in [0.25, 0.3) is 0 Å². The summed E-state index contributed by atoms with van der Waals surface area (Å²) in [5.41, 5.74) is 6.13. The van der Waals surface area contributed by atoms with Crippen molar-refractivity contribution in [3.8, 4) is 0 Å². The number of nitrogens with one attached hydrogen (secondary N) is 2. The number of carbonyl (C=O) groups excluding carboxylic acids is 5. The SMILES string of the molecule is O=C(COC(=O)c1cccc(N2C(=O)[C@@H]3[C@@H]4C[C@@H]([C@@H]3C2=O)[C@H](c2ccccc2)C4)c1)NNC(=O)c1ccccc1Cl. The largest absolute Gasteiger partial charge is 0.452 e. The molecule has 5 atom stereocenters. The Morgan fingerprint density at radius 2 is 1.59 bits per heavy atom. The standard InChI is InChI=1S/C31H26ClN3O6/c32-24-12-5-4-11-21(24)28(37)34-33-25(36)16-41-31(40)18-9-6-10-20(13-18)35-29(38)26-19-14-22(17-7-2-1-3-8-17)23(15-19)27(26)30(35)39/h1-13,19,22-23,26-27H,14-16H2,(H,33,36)(H,34,37)/t19-,22-,23+,26+,27-/m0/s1. The summed E-state index contributed by atoms with van der Waals surface area (Å²) in [7, 11) is 0. The van der Waals surface area contributed by atoms with E-state index < -0.39 is 24.4 Å². The van der Waals surface area contributed by atoms with Gasteiger partial charge >= 0.3 is 5.97 Å². The Bertz CT molecular complexity index is 1560. The third-order valence-corrected chi connectivity index (χ3v) is 8.68. The Kier molecular flexibility index (Phi) is 7.05. The summed E-state index contributed by atoms with van der Waals surface area (Å²) < 4.78 is 5.09. The van der Waals surface area contributed by atoms with Crippen LogP contribution < -0.4 is 15.8 Å². The molecule has 6 rings (SSSR count). The number of anilines is 1. The molecule has 208 valence electrons. The molecule has 0 radical (unpaired) electrons. The number of amides is 4. The number of hydrazine groups is 1. The smallest absolute Gasteiger partial charge is 0.338 e. The molecule has 2 aliphatic carbocycles. The van der Waals surface area contributed by atoms with Crippen molar-refractivity contribution in [3.63, 3.8) is 0 Å². The van der Waals surface area contributed by atoms with Gasteiger partial charge in [0.15, 0.2) is 6.61 Å². The van der Waals surface area contributed by atoms with Crippen molar-refractivity contribution >= 4 is 46.9 Å². The van der Waals surface area contributed by atoms with Crippen LogP contribution >= 0.6 is 11.6 Å². The number of nitrogens with zero attached hydrogens (tertiary/aromatic N) is 1. The first kappa shape index (κ1) is 26.7. The fraction of sp³-hybridized carbons (Fsp3) is 0.258. The highest BCUT2D eigenvalue weighted by Gasteiger charge is 2.64. The first-order chi connectivity index (χ1) is 19.8. The number of hydrogen-bond donors (Lipinski definition) is 2. The molecule has 0 unspecified atom stereocenters. The molecular weight excluding hydrogens is 546 g/mol. The van der Waals surface area contributed by atoms with Crippen LogP contribution in [0, 0.1) is 23.7 Å². The molecule has 9 nitrogen and oxygen atoms in total. The van der Waals surface area contributed by atoms with Crippen molar-refractivity contribution in [2.75, 3.05) is 11.5 Å². The molecule has 10 heteroatoms. The number of ether oxygens (including phenoxy) is 1. The van der Waals surface area contributed by atoms with E-state index in [2.05, 4.69) is 23.0 Å². The lowest BCUT2D eigenvalue weighted by atomic mass is 9.73. The number of halogens is 1. The van der Waals surface area contributed by atoms with Crippen molar-refractivity contribution in [1.82, 2.24) is 10.9 Å². The summed E-state index contributed by atoms with van der Waals surface area (Å²) in [6.45, 7) is -0.665. The van der Waals surface area contributed by atoms with E-state index >= 15 is 0 Å². The maximum atomic E-state index is 13.6. The topological polar surface area (TPSA) is 122 Å². The van der Waals surface area contributed by atoms with E-state index in [9.17, 15) is 24.0 Å². The molecule has 1 saturated heterocycles. The molecule has 2 bridgehead atoms. The second-order valence-corrected chi connectivity index (χ2v) is 11.0.